The van der Waals surface area contributed by atoms with Gasteiger partial charge in [0.05, 0.1) is 10.8 Å². The van der Waals surface area contributed by atoms with E-state index in [4.69, 9.17) is 4.42 Å². The van der Waals surface area contributed by atoms with Crippen molar-refractivity contribution in [1.29, 1.82) is 0 Å². The van der Waals surface area contributed by atoms with E-state index in [9.17, 15) is 4.79 Å². The topological polar surface area (TPSA) is 72.1 Å². The Balaban J connectivity index is 1.72. The van der Waals surface area contributed by atoms with Gasteiger partial charge in [-0.1, -0.05) is 42.1 Å². The highest BCUT2D eigenvalue weighted by atomic mass is 32.2. The first-order valence-corrected chi connectivity index (χ1v) is 9.98. The van der Waals surface area contributed by atoms with Gasteiger partial charge in [0.25, 0.3) is 5.22 Å². The van der Waals surface area contributed by atoms with E-state index in [0.717, 1.165) is 11.1 Å². The van der Waals surface area contributed by atoms with Gasteiger partial charge >= 0.3 is 0 Å². The lowest BCUT2D eigenvalue weighted by Gasteiger charge is -2.37. The summed E-state index contributed by atoms with van der Waals surface area (Å²) in [5.74, 6) is 0.426. The van der Waals surface area contributed by atoms with Crippen molar-refractivity contribution in [3.8, 4) is 11.5 Å². The van der Waals surface area contributed by atoms with Crippen LogP contribution in [-0.4, -0.2) is 36.8 Å². The van der Waals surface area contributed by atoms with Gasteiger partial charge in [-0.25, -0.2) is 0 Å². The zero-order valence-electron chi connectivity index (χ0n) is 16.5. The number of rotatable bonds is 6. The molecule has 146 valence electrons. The fourth-order valence-corrected chi connectivity index (χ4v) is 3.44. The average Bonchev–Trinajstić information content (AvgIpc) is 3.14. The van der Waals surface area contributed by atoms with Crippen LogP contribution in [0.4, 0.5) is 0 Å². The minimum Gasteiger partial charge on any atom is -0.411 e. The van der Waals surface area contributed by atoms with E-state index in [1.54, 1.807) is 12.4 Å². The van der Waals surface area contributed by atoms with Crippen LogP contribution in [0.3, 0.4) is 0 Å². The minimum atomic E-state index is -0.356. The molecule has 3 aromatic rings. The van der Waals surface area contributed by atoms with E-state index in [1.807, 2.05) is 75.1 Å². The highest BCUT2D eigenvalue weighted by molar-refractivity contribution is 8.00. The molecule has 0 fully saturated rings. The first kappa shape index (κ1) is 20.1. The molecule has 28 heavy (non-hydrogen) atoms. The van der Waals surface area contributed by atoms with E-state index in [0.29, 0.717) is 17.7 Å². The van der Waals surface area contributed by atoms with Crippen molar-refractivity contribution in [3.05, 3.63) is 60.4 Å². The zero-order valence-corrected chi connectivity index (χ0v) is 17.3. The maximum atomic E-state index is 13.2. The second-order valence-corrected chi connectivity index (χ2v) is 8.75. The molecular formula is C21H24N4O2S. The minimum absolute atomic E-state index is 0.0301. The average molecular weight is 397 g/mol. The van der Waals surface area contributed by atoms with Crippen molar-refractivity contribution in [2.24, 2.45) is 0 Å². The van der Waals surface area contributed by atoms with Crippen LogP contribution in [-0.2, 0) is 11.3 Å². The molecule has 2 heterocycles. The quantitative estimate of drug-likeness (QED) is 0.574. The Morgan fingerprint density at radius 1 is 1.14 bits per heavy atom. The fraction of sp³-hybridized carbons (Fsp3) is 0.333. The first-order valence-electron chi connectivity index (χ1n) is 9.10. The molecule has 1 amide bonds. The van der Waals surface area contributed by atoms with Crippen molar-refractivity contribution >= 4 is 17.7 Å². The summed E-state index contributed by atoms with van der Waals surface area (Å²) in [6, 6.07) is 13.7. The molecule has 0 radical (unpaired) electrons. The Labute approximate surface area is 169 Å². The number of benzene rings is 1. The maximum Gasteiger partial charge on any atom is 0.277 e. The van der Waals surface area contributed by atoms with E-state index in [2.05, 4.69) is 15.2 Å². The lowest BCUT2D eigenvalue weighted by atomic mass is 10.0. The molecule has 0 aliphatic carbocycles. The van der Waals surface area contributed by atoms with Crippen LogP contribution in [0.5, 0.6) is 0 Å². The van der Waals surface area contributed by atoms with Gasteiger partial charge in [0.15, 0.2) is 0 Å². The molecule has 2 aromatic heterocycles. The van der Waals surface area contributed by atoms with Gasteiger partial charge in [-0.2, -0.15) is 0 Å². The molecule has 0 spiro atoms. The van der Waals surface area contributed by atoms with Crippen LogP contribution in [0.2, 0.25) is 0 Å². The van der Waals surface area contributed by atoms with Crippen molar-refractivity contribution in [2.75, 3.05) is 0 Å². The smallest absolute Gasteiger partial charge is 0.277 e. The molecule has 3 rings (SSSR count). The zero-order chi connectivity index (χ0) is 20.1. The molecule has 0 N–H and O–H groups in total. The second-order valence-electron chi connectivity index (χ2n) is 7.46. The Morgan fingerprint density at radius 2 is 1.89 bits per heavy atom. The van der Waals surface area contributed by atoms with Gasteiger partial charge in [0, 0.05) is 24.5 Å². The predicted molar refractivity (Wildman–Crippen MR) is 110 cm³/mol. The molecule has 0 aliphatic heterocycles. The third kappa shape index (κ3) is 4.98. The summed E-state index contributed by atoms with van der Waals surface area (Å²) in [6.45, 7) is 8.54. The molecule has 6 nitrogen and oxygen atoms in total. The lowest BCUT2D eigenvalue weighted by molar-refractivity contribution is -0.135. The summed E-state index contributed by atoms with van der Waals surface area (Å²) in [6.07, 6.45) is 3.35. The highest BCUT2D eigenvalue weighted by Gasteiger charge is 2.31. The molecule has 1 aromatic carbocycles. The van der Waals surface area contributed by atoms with Gasteiger partial charge in [-0.3, -0.25) is 9.78 Å². The number of aromatic nitrogens is 3. The Bertz CT molecular complexity index is 907. The van der Waals surface area contributed by atoms with Crippen molar-refractivity contribution in [2.45, 2.75) is 50.3 Å². The van der Waals surface area contributed by atoms with E-state index < -0.39 is 0 Å². The van der Waals surface area contributed by atoms with Crippen molar-refractivity contribution in [3.63, 3.8) is 0 Å². The number of pyridine rings is 1. The summed E-state index contributed by atoms with van der Waals surface area (Å²) in [5, 5.41) is 8.14. The monoisotopic (exact) mass is 396 g/mol. The van der Waals surface area contributed by atoms with Crippen molar-refractivity contribution < 1.29 is 9.21 Å². The number of carbonyl (C=O) groups is 1. The number of carbonyl (C=O) groups excluding carboxylic acids is 1. The summed E-state index contributed by atoms with van der Waals surface area (Å²) in [5.41, 5.74) is 1.54. The third-order valence-corrected chi connectivity index (χ3v) is 5.12. The van der Waals surface area contributed by atoms with E-state index >= 15 is 0 Å². The van der Waals surface area contributed by atoms with Crippen LogP contribution in [0.25, 0.3) is 11.5 Å². The highest BCUT2D eigenvalue weighted by Crippen LogP contribution is 2.29. The largest absolute Gasteiger partial charge is 0.411 e. The van der Waals surface area contributed by atoms with Crippen LogP contribution >= 0.6 is 11.8 Å². The molecular weight excluding hydrogens is 372 g/mol. The Hall–Kier alpha value is -2.67. The van der Waals surface area contributed by atoms with Gasteiger partial charge in [0.1, 0.15) is 0 Å². The maximum absolute atomic E-state index is 13.2. The fourth-order valence-electron chi connectivity index (χ4n) is 2.70. The normalized spacial score (nSPS) is 12.6. The first-order chi connectivity index (χ1) is 13.3. The third-order valence-electron chi connectivity index (χ3n) is 4.20. The number of hydrogen-bond donors (Lipinski definition) is 0. The molecule has 1 atom stereocenters. The van der Waals surface area contributed by atoms with Gasteiger partial charge in [-0.05, 0) is 45.4 Å². The van der Waals surface area contributed by atoms with Gasteiger partial charge < -0.3 is 9.32 Å². The van der Waals surface area contributed by atoms with Crippen molar-refractivity contribution in [1.82, 2.24) is 20.1 Å². The van der Waals surface area contributed by atoms with Gasteiger partial charge in [-0.15, -0.1) is 10.2 Å². The summed E-state index contributed by atoms with van der Waals surface area (Å²) >= 11 is 1.27. The molecule has 0 aliphatic rings. The number of thioether (sulfide) groups is 1. The Kier molecular flexibility index (Phi) is 6.14. The standard InChI is InChI=1S/C21H24N4O2S/c1-15(28-20-24-23-18(27-20)17-11-8-12-22-13-17)19(26)25(21(2,3)4)14-16-9-6-5-7-10-16/h5-13,15H,14H2,1-4H3/t15-/m1/s1. The molecule has 0 saturated heterocycles. The molecule has 0 saturated carbocycles. The molecule has 0 unspecified atom stereocenters. The van der Waals surface area contributed by atoms with E-state index in [-0.39, 0.29) is 16.7 Å². The van der Waals surface area contributed by atoms with Crippen LogP contribution in [0, 0.1) is 0 Å². The Morgan fingerprint density at radius 3 is 2.54 bits per heavy atom. The van der Waals surface area contributed by atoms with Crippen LogP contribution < -0.4 is 0 Å². The summed E-state index contributed by atoms with van der Waals surface area (Å²) in [4.78, 5) is 19.1. The number of amides is 1. The SMILES string of the molecule is C[C@@H](Sc1nnc(-c2cccnc2)o1)C(=O)N(Cc1ccccc1)C(C)(C)C. The number of nitrogens with zero attached hydrogens (tertiary/aromatic N) is 4. The summed E-state index contributed by atoms with van der Waals surface area (Å²) < 4.78 is 5.70. The van der Waals surface area contributed by atoms with E-state index in [1.165, 1.54) is 11.8 Å². The predicted octanol–water partition coefficient (Wildman–Crippen LogP) is 4.44. The summed E-state index contributed by atoms with van der Waals surface area (Å²) in [7, 11) is 0. The van der Waals surface area contributed by atoms with Crippen LogP contribution in [0.1, 0.15) is 33.3 Å². The molecule has 7 heteroatoms. The second kappa shape index (κ2) is 8.56. The van der Waals surface area contributed by atoms with Gasteiger partial charge in [0.2, 0.25) is 11.8 Å². The van der Waals surface area contributed by atoms with Crippen LogP contribution in [0.15, 0.2) is 64.5 Å². The number of hydrogen-bond acceptors (Lipinski definition) is 6. The molecule has 0 bridgehead atoms. The lowest BCUT2D eigenvalue weighted by Crippen LogP contribution is -2.48.